The molecule has 2 amide bonds. The van der Waals surface area contributed by atoms with Crippen molar-refractivity contribution < 1.29 is 31.2 Å². The van der Waals surface area contributed by atoms with Gasteiger partial charge in [0.05, 0.1) is 21.2 Å². The average Bonchev–Trinajstić information content (AvgIpc) is 2.92. The van der Waals surface area contributed by atoms with Crippen LogP contribution in [0.4, 0.5) is 18.9 Å². The summed E-state index contributed by atoms with van der Waals surface area (Å²) in [5.41, 5.74) is 0.784. The van der Waals surface area contributed by atoms with Crippen molar-refractivity contribution in [1.82, 2.24) is 10.2 Å². The number of anilines is 1. The number of amides is 2. The highest BCUT2D eigenvalue weighted by molar-refractivity contribution is 7.92. The van der Waals surface area contributed by atoms with Crippen LogP contribution in [-0.4, -0.2) is 44.3 Å². The number of carbonyl (C=O) groups excluding carboxylic acids is 2. The van der Waals surface area contributed by atoms with Gasteiger partial charge >= 0.3 is 6.18 Å². The number of aryl methyl sites for hydroxylation is 2. The van der Waals surface area contributed by atoms with E-state index in [2.05, 4.69) is 5.32 Å². The van der Waals surface area contributed by atoms with E-state index in [-0.39, 0.29) is 17.9 Å². The number of benzene rings is 3. The van der Waals surface area contributed by atoms with Gasteiger partial charge in [-0.25, -0.2) is 8.42 Å². The third kappa shape index (κ3) is 7.83. The van der Waals surface area contributed by atoms with Crippen LogP contribution in [0.25, 0.3) is 0 Å². The SMILES string of the molecule is CCNC(=O)[C@@H](CC)N(Cc1ccc(C)cc1)C(=O)CN(c1ccc(Cl)c(C(F)(F)F)c1)S(=O)(=O)c1ccc(C)cc1. The Morgan fingerprint density at radius 2 is 1.50 bits per heavy atom. The smallest absolute Gasteiger partial charge is 0.355 e. The van der Waals surface area contributed by atoms with Crippen molar-refractivity contribution in [3.05, 3.63) is 94.0 Å². The van der Waals surface area contributed by atoms with Gasteiger partial charge in [-0.15, -0.1) is 0 Å². The molecule has 3 aromatic rings. The Kier molecular flexibility index (Phi) is 10.7. The predicted octanol–water partition coefficient (Wildman–Crippen LogP) is 6.11. The summed E-state index contributed by atoms with van der Waals surface area (Å²) in [4.78, 5) is 28.0. The van der Waals surface area contributed by atoms with E-state index >= 15 is 0 Å². The molecule has 0 aliphatic rings. The molecule has 0 radical (unpaired) electrons. The lowest BCUT2D eigenvalue weighted by Gasteiger charge is -2.33. The number of rotatable bonds is 11. The van der Waals surface area contributed by atoms with Gasteiger partial charge in [0, 0.05) is 13.1 Å². The van der Waals surface area contributed by atoms with Gasteiger partial charge < -0.3 is 10.2 Å². The highest BCUT2D eigenvalue weighted by Gasteiger charge is 2.37. The number of hydrogen-bond acceptors (Lipinski definition) is 4. The number of halogens is 4. The van der Waals surface area contributed by atoms with Crippen LogP contribution in [0.5, 0.6) is 0 Å². The average molecular weight is 624 g/mol. The minimum atomic E-state index is -4.88. The van der Waals surface area contributed by atoms with Crippen molar-refractivity contribution in [2.24, 2.45) is 0 Å². The Labute approximate surface area is 249 Å². The van der Waals surface area contributed by atoms with Crippen LogP contribution in [0, 0.1) is 13.8 Å². The van der Waals surface area contributed by atoms with Crippen LogP contribution >= 0.6 is 11.6 Å². The maximum Gasteiger partial charge on any atom is 0.417 e. The minimum Gasteiger partial charge on any atom is -0.355 e. The lowest BCUT2D eigenvalue weighted by atomic mass is 10.1. The predicted molar refractivity (Wildman–Crippen MR) is 157 cm³/mol. The molecular weight excluding hydrogens is 591 g/mol. The molecule has 0 saturated carbocycles. The second-order valence-corrected chi connectivity index (χ2v) is 12.1. The molecule has 1 N–H and O–H groups in total. The summed E-state index contributed by atoms with van der Waals surface area (Å²) in [6.07, 6.45) is -4.66. The number of hydrogen-bond donors (Lipinski definition) is 1. The number of alkyl halides is 3. The van der Waals surface area contributed by atoms with E-state index in [1.807, 2.05) is 19.1 Å². The number of sulfonamides is 1. The number of nitrogens with zero attached hydrogens (tertiary/aromatic N) is 2. The fourth-order valence-corrected chi connectivity index (χ4v) is 5.98. The second kappa shape index (κ2) is 13.6. The molecule has 3 aromatic carbocycles. The van der Waals surface area contributed by atoms with Crippen LogP contribution < -0.4 is 9.62 Å². The molecule has 0 saturated heterocycles. The molecular formula is C30H33ClF3N3O4S. The quantitative estimate of drug-likeness (QED) is 0.279. The third-order valence-electron chi connectivity index (χ3n) is 6.64. The summed E-state index contributed by atoms with van der Waals surface area (Å²) in [7, 11) is -4.54. The molecule has 0 heterocycles. The van der Waals surface area contributed by atoms with Gasteiger partial charge in [-0.3, -0.25) is 13.9 Å². The van der Waals surface area contributed by atoms with Gasteiger partial charge in [0.1, 0.15) is 12.6 Å². The standard InChI is InChI=1S/C30H33ClF3N3O4S/c1-5-27(29(39)35-6-2)36(18-22-11-7-20(3)8-12-22)28(38)19-37(42(40,41)24-14-9-21(4)10-15-24)23-13-16-26(31)25(17-23)30(32,33)34/h7-17,27H,5-6,18-19H2,1-4H3,(H,35,39)/t27-/m1/s1. The normalized spacial score (nSPS) is 12.5. The summed E-state index contributed by atoms with van der Waals surface area (Å²) < 4.78 is 69.7. The molecule has 1 atom stereocenters. The lowest BCUT2D eigenvalue weighted by molar-refractivity contribution is -0.140. The minimum absolute atomic E-state index is 0.0262. The van der Waals surface area contributed by atoms with E-state index < -0.39 is 56.9 Å². The van der Waals surface area contributed by atoms with Gasteiger partial charge in [-0.2, -0.15) is 13.2 Å². The fourth-order valence-electron chi connectivity index (χ4n) is 4.35. The van der Waals surface area contributed by atoms with Crippen molar-refractivity contribution in [3.8, 4) is 0 Å². The first-order valence-electron chi connectivity index (χ1n) is 13.3. The van der Waals surface area contributed by atoms with E-state index in [4.69, 9.17) is 11.6 Å². The van der Waals surface area contributed by atoms with Gasteiger partial charge in [-0.05, 0) is 63.1 Å². The molecule has 0 aromatic heterocycles. The van der Waals surface area contributed by atoms with Crippen LogP contribution in [0.15, 0.2) is 71.6 Å². The molecule has 0 aliphatic carbocycles. The summed E-state index contributed by atoms with van der Waals surface area (Å²) in [5.74, 6) is -1.20. The van der Waals surface area contributed by atoms with Crippen molar-refractivity contribution in [1.29, 1.82) is 0 Å². The molecule has 0 bridgehead atoms. The Hall–Kier alpha value is -3.57. The molecule has 0 aliphatic heterocycles. The largest absolute Gasteiger partial charge is 0.417 e. The highest BCUT2D eigenvalue weighted by atomic mass is 35.5. The lowest BCUT2D eigenvalue weighted by Crippen LogP contribution is -2.52. The van der Waals surface area contributed by atoms with Crippen LogP contribution in [0.1, 0.15) is 42.5 Å². The number of carbonyl (C=O) groups is 2. The summed E-state index contributed by atoms with van der Waals surface area (Å²) in [5, 5.41) is 2.08. The highest BCUT2D eigenvalue weighted by Crippen LogP contribution is 2.38. The first-order valence-corrected chi connectivity index (χ1v) is 15.1. The van der Waals surface area contributed by atoms with Crippen molar-refractivity contribution in [3.63, 3.8) is 0 Å². The van der Waals surface area contributed by atoms with E-state index in [0.29, 0.717) is 22.5 Å². The Balaban J connectivity index is 2.14. The number of nitrogens with one attached hydrogen (secondary N) is 1. The van der Waals surface area contributed by atoms with Crippen molar-refractivity contribution >= 4 is 39.1 Å². The first kappa shape index (κ1) is 32.9. The molecule has 226 valence electrons. The van der Waals surface area contributed by atoms with Crippen molar-refractivity contribution in [2.45, 2.75) is 57.8 Å². The van der Waals surface area contributed by atoms with Gasteiger partial charge in [0.25, 0.3) is 10.0 Å². The zero-order chi connectivity index (χ0) is 31.2. The van der Waals surface area contributed by atoms with E-state index in [1.54, 1.807) is 45.0 Å². The molecule has 42 heavy (non-hydrogen) atoms. The monoisotopic (exact) mass is 623 g/mol. The molecule has 0 unspecified atom stereocenters. The molecule has 0 fully saturated rings. The van der Waals surface area contributed by atoms with Crippen LogP contribution in [0.2, 0.25) is 5.02 Å². The van der Waals surface area contributed by atoms with Crippen LogP contribution in [-0.2, 0) is 32.3 Å². The third-order valence-corrected chi connectivity index (χ3v) is 8.76. The zero-order valence-corrected chi connectivity index (χ0v) is 25.3. The topological polar surface area (TPSA) is 86.8 Å². The van der Waals surface area contributed by atoms with Gasteiger partial charge in [0.15, 0.2) is 0 Å². The van der Waals surface area contributed by atoms with E-state index in [9.17, 15) is 31.2 Å². The summed E-state index contributed by atoms with van der Waals surface area (Å²) in [6, 6.07) is 14.7. The molecule has 7 nitrogen and oxygen atoms in total. The van der Waals surface area contributed by atoms with Gasteiger partial charge in [0.2, 0.25) is 11.8 Å². The fraction of sp³-hybridized carbons (Fsp3) is 0.333. The summed E-state index contributed by atoms with van der Waals surface area (Å²) >= 11 is 5.81. The van der Waals surface area contributed by atoms with Crippen LogP contribution in [0.3, 0.4) is 0 Å². The Bertz CT molecular complexity index is 1510. The zero-order valence-electron chi connectivity index (χ0n) is 23.7. The van der Waals surface area contributed by atoms with E-state index in [1.165, 1.54) is 17.0 Å². The van der Waals surface area contributed by atoms with Gasteiger partial charge in [-0.1, -0.05) is 66.0 Å². The van der Waals surface area contributed by atoms with E-state index in [0.717, 1.165) is 23.3 Å². The first-order chi connectivity index (χ1) is 19.7. The Morgan fingerprint density at radius 3 is 2.02 bits per heavy atom. The summed E-state index contributed by atoms with van der Waals surface area (Å²) in [6.45, 7) is 6.50. The second-order valence-electron chi connectivity index (χ2n) is 9.81. The molecule has 3 rings (SSSR count). The maximum atomic E-state index is 14.0. The number of likely N-dealkylation sites (N-methyl/N-ethyl adjacent to an activating group) is 1. The maximum absolute atomic E-state index is 14.0. The Morgan fingerprint density at radius 1 is 0.929 bits per heavy atom. The molecule has 12 heteroatoms. The molecule has 0 spiro atoms. The van der Waals surface area contributed by atoms with Crippen molar-refractivity contribution in [2.75, 3.05) is 17.4 Å².